The van der Waals surface area contributed by atoms with E-state index in [0.29, 0.717) is 35.9 Å². The molecule has 4 heterocycles. The van der Waals surface area contributed by atoms with Gasteiger partial charge >= 0.3 is 6.18 Å². The predicted octanol–water partition coefficient (Wildman–Crippen LogP) is 4.44. The van der Waals surface area contributed by atoms with Crippen molar-refractivity contribution >= 4 is 33.9 Å². The standard InChI is InChI=1S/C26H29F3N6O/c1-16-10-19(30)15-35(13-16)24-6-8-31-12-23(24)33-25(36)21-5-3-17-2-4-20(11-22(17)32-21)34-9-7-18(14-34)26(27,28)29/h2-6,8,11-12,16,18-19H,7,9-10,13-15,30H2,1H3,(H,33,36). The summed E-state index contributed by atoms with van der Waals surface area (Å²) < 4.78 is 39.3. The summed E-state index contributed by atoms with van der Waals surface area (Å²) in [6.45, 7) is 3.95. The zero-order chi connectivity index (χ0) is 25.4. The molecule has 3 N–H and O–H groups in total. The van der Waals surface area contributed by atoms with Crippen molar-refractivity contribution in [2.45, 2.75) is 32.0 Å². The van der Waals surface area contributed by atoms with Gasteiger partial charge in [-0.05, 0) is 43.0 Å². The van der Waals surface area contributed by atoms with Gasteiger partial charge in [0.05, 0.1) is 29.0 Å². The Labute approximate surface area is 207 Å². The molecule has 0 saturated carbocycles. The number of aromatic nitrogens is 2. The first-order valence-corrected chi connectivity index (χ1v) is 12.2. The number of rotatable bonds is 4. The molecule has 2 aromatic heterocycles. The van der Waals surface area contributed by atoms with E-state index in [1.807, 2.05) is 12.1 Å². The molecule has 190 valence electrons. The molecule has 2 fully saturated rings. The number of nitrogens with zero attached hydrogens (tertiary/aromatic N) is 4. The van der Waals surface area contributed by atoms with E-state index in [1.54, 1.807) is 41.6 Å². The predicted molar refractivity (Wildman–Crippen MR) is 134 cm³/mol. The minimum Gasteiger partial charge on any atom is -0.371 e. The lowest BCUT2D eigenvalue weighted by molar-refractivity contribution is -0.168. The van der Waals surface area contributed by atoms with Crippen LogP contribution in [0.4, 0.5) is 30.2 Å². The van der Waals surface area contributed by atoms with E-state index in [9.17, 15) is 18.0 Å². The molecule has 10 heteroatoms. The Bertz CT molecular complexity index is 1260. The number of hydrogen-bond acceptors (Lipinski definition) is 6. The molecule has 3 aromatic rings. The highest BCUT2D eigenvalue weighted by Crippen LogP contribution is 2.36. The van der Waals surface area contributed by atoms with E-state index < -0.39 is 12.1 Å². The number of pyridine rings is 2. The molecule has 2 aliphatic rings. The topological polar surface area (TPSA) is 87.4 Å². The van der Waals surface area contributed by atoms with Crippen molar-refractivity contribution in [2.24, 2.45) is 17.6 Å². The Morgan fingerprint density at radius 1 is 1.11 bits per heavy atom. The van der Waals surface area contributed by atoms with Crippen LogP contribution in [0.5, 0.6) is 0 Å². The molecule has 36 heavy (non-hydrogen) atoms. The Hall–Kier alpha value is -3.40. The van der Waals surface area contributed by atoms with Crippen LogP contribution in [0.2, 0.25) is 0 Å². The summed E-state index contributed by atoms with van der Waals surface area (Å²) in [5, 5.41) is 3.73. The van der Waals surface area contributed by atoms with Crippen LogP contribution in [0.1, 0.15) is 30.3 Å². The van der Waals surface area contributed by atoms with Crippen LogP contribution >= 0.6 is 0 Å². The van der Waals surface area contributed by atoms with Crippen molar-refractivity contribution < 1.29 is 18.0 Å². The van der Waals surface area contributed by atoms with Crippen molar-refractivity contribution in [1.29, 1.82) is 0 Å². The van der Waals surface area contributed by atoms with Gasteiger partial charge in [0.15, 0.2) is 0 Å². The van der Waals surface area contributed by atoms with Crippen molar-refractivity contribution in [1.82, 2.24) is 9.97 Å². The summed E-state index contributed by atoms with van der Waals surface area (Å²) in [5.74, 6) is -1.28. The highest BCUT2D eigenvalue weighted by Gasteiger charge is 2.43. The zero-order valence-electron chi connectivity index (χ0n) is 20.0. The molecular formula is C26H29F3N6O. The van der Waals surface area contributed by atoms with Crippen molar-refractivity contribution in [2.75, 3.05) is 41.3 Å². The third-order valence-electron chi connectivity index (χ3n) is 7.00. The number of nitrogens with one attached hydrogen (secondary N) is 1. The number of nitrogens with two attached hydrogens (primary N) is 1. The number of alkyl halides is 3. The lowest BCUT2D eigenvalue weighted by Gasteiger charge is -2.37. The number of carbonyl (C=O) groups excluding carboxylic acids is 1. The van der Waals surface area contributed by atoms with E-state index in [4.69, 9.17) is 5.73 Å². The van der Waals surface area contributed by atoms with Gasteiger partial charge in [-0.1, -0.05) is 19.1 Å². The zero-order valence-corrected chi connectivity index (χ0v) is 20.0. The molecule has 5 rings (SSSR count). The normalized spacial score (nSPS) is 22.8. The summed E-state index contributed by atoms with van der Waals surface area (Å²) in [6, 6.07) is 10.7. The number of piperidine rings is 1. The Morgan fingerprint density at radius 3 is 2.67 bits per heavy atom. The van der Waals surface area contributed by atoms with Gasteiger partial charge in [0, 0.05) is 49.5 Å². The number of amides is 1. The average molecular weight is 499 g/mol. The van der Waals surface area contributed by atoms with Crippen molar-refractivity contribution in [3.8, 4) is 0 Å². The van der Waals surface area contributed by atoms with Crippen LogP contribution < -0.4 is 20.9 Å². The quantitative estimate of drug-likeness (QED) is 0.553. The van der Waals surface area contributed by atoms with Crippen LogP contribution in [0.15, 0.2) is 48.8 Å². The SMILES string of the molecule is CC1CC(N)CN(c2ccncc2NC(=O)c2ccc3ccc(N4CCC(C(F)(F)F)C4)cc3n2)C1. The fraction of sp³-hybridized carbons (Fsp3) is 0.423. The van der Waals surface area contributed by atoms with E-state index in [0.717, 1.165) is 24.0 Å². The summed E-state index contributed by atoms with van der Waals surface area (Å²) in [6.07, 6.45) is 0.137. The van der Waals surface area contributed by atoms with Gasteiger partial charge in [-0.25, -0.2) is 4.98 Å². The second kappa shape index (κ2) is 9.57. The van der Waals surface area contributed by atoms with E-state index in [1.165, 1.54) is 0 Å². The van der Waals surface area contributed by atoms with Gasteiger partial charge in [-0.2, -0.15) is 13.2 Å². The van der Waals surface area contributed by atoms with E-state index in [2.05, 4.69) is 27.1 Å². The number of anilines is 3. The van der Waals surface area contributed by atoms with Crippen LogP contribution in [-0.4, -0.2) is 54.3 Å². The summed E-state index contributed by atoms with van der Waals surface area (Å²) in [5.41, 5.74) is 9.10. The Kier molecular flexibility index (Phi) is 6.46. The number of hydrogen-bond donors (Lipinski definition) is 2. The number of halogens is 3. The third kappa shape index (κ3) is 5.09. The van der Waals surface area contributed by atoms with Gasteiger partial charge in [-0.3, -0.25) is 9.78 Å². The van der Waals surface area contributed by atoms with Crippen LogP contribution in [-0.2, 0) is 0 Å². The number of fused-ring (bicyclic) bond motifs is 1. The summed E-state index contributed by atoms with van der Waals surface area (Å²) in [7, 11) is 0. The number of carbonyl (C=O) groups is 1. The maximum Gasteiger partial charge on any atom is 0.393 e. The fourth-order valence-electron chi connectivity index (χ4n) is 5.23. The van der Waals surface area contributed by atoms with Gasteiger partial charge in [-0.15, -0.1) is 0 Å². The summed E-state index contributed by atoms with van der Waals surface area (Å²) >= 11 is 0. The molecule has 0 radical (unpaired) electrons. The van der Waals surface area contributed by atoms with Crippen LogP contribution in [0.25, 0.3) is 10.9 Å². The van der Waals surface area contributed by atoms with Gasteiger partial charge < -0.3 is 20.9 Å². The van der Waals surface area contributed by atoms with Crippen molar-refractivity contribution in [3.05, 3.63) is 54.5 Å². The first kappa shape index (κ1) is 24.3. The lowest BCUT2D eigenvalue weighted by Crippen LogP contribution is -2.46. The maximum absolute atomic E-state index is 13.1. The molecule has 1 aromatic carbocycles. The minimum atomic E-state index is -4.20. The molecule has 2 aliphatic heterocycles. The van der Waals surface area contributed by atoms with Crippen LogP contribution in [0.3, 0.4) is 0 Å². The highest BCUT2D eigenvalue weighted by molar-refractivity contribution is 6.05. The largest absolute Gasteiger partial charge is 0.393 e. The van der Waals surface area contributed by atoms with Crippen LogP contribution in [0, 0.1) is 11.8 Å². The third-order valence-corrected chi connectivity index (χ3v) is 7.00. The van der Waals surface area contributed by atoms with Crippen molar-refractivity contribution in [3.63, 3.8) is 0 Å². The Morgan fingerprint density at radius 2 is 1.92 bits per heavy atom. The minimum absolute atomic E-state index is 0.0591. The van der Waals surface area contributed by atoms with Gasteiger partial charge in [0.2, 0.25) is 0 Å². The molecule has 3 unspecified atom stereocenters. The Balaban J connectivity index is 1.36. The number of benzene rings is 1. The van der Waals surface area contributed by atoms with E-state index >= 15 is 0 Å². The van der Waals surface area contributed by atoms with Gasteiger partial charge in [0.25, 0.3) is 5.91 Å². The maximum atomic E-state index is 13.1. The monoisotopic (exact) mass is 498 g/mol. The molecule has 1 amide bonds. The van der Waals surface area contributed by atoms with E-state index in [-0.39, 0.29) is 30.6 Å². The second-order valence-electron chi connectivity index (χ2n) is 9.90. The molecule has 7 nitrogen and oxygen atoms in total. The smallest absolute Gasteiger partial charge is 0.371 e. The molecule has 3 atom stereocenters. The van der Waals surface area contributed by atoms with Gasteiger partial charge in [0.1, 0.15) is 5.69 Å². The lowest BCUT2D eigenvalue weighted by atomic mass is 9.96. The first-order valence-electron chi connectivity index (χ1n) is 12.2. The molecular weight excluding hydrogens is 469 g/mol. The molecule has 2 saturated heterocycles. The second-order valence-corrected chi connectivity index (χ2v) is 9.90. The molecule has 0 spiro atoms. The molecule has 0 bridgehead atoms. The highest BCUT2D eigenvalue weighted by atomic mass is 19.4. The first-order chi connectivity index (χ1) is 17.2. The fourth-order valence-corrected chi connectivity index (χ4v) is 5.23. The molecule has 0 aliphatic carbocycles. The average Bonchev–Trinajstić information content (AvgIpc) is 3.34. The summed E-state index contributed by atoms with van der Waals surface area (Å²) in [4.78, 5) is 25.7.